The lowest BCUT2D eigenvalue weighted by atomic mass is 10.2. The average molecular weight is 639 g/mol. The van der Waals surface area contributed by atoms with Gasteiger partial charge < -0.3 is 9.80 Å². The second-order valence-corrected chi connectivity index (χ2v) is 12.5. The fourth-order valence-electron chi connectivity index (χ4n) is 4.21. The minimum atomic E-state index is -4.12. The van der Waals surface area contributed by atoms with Crippen molar-refractivity contribution in [1.82, 2.24) is 14.1 Å². The summed E-state index contributed by atoms with van der Waals surface area (Å²) in [5.74, 6) is -0.440. The van der Waals surface area contributed by atoms with Gasteiger partial charge >= 0.3 is 0 Å². The van der Waals surface area contributed by atoms with E-state index in [1.165, 1.54) is 21.3 Å². The van der Waals surface area contributed by atoms with Crippen LogP contribution in [0.4, 0.5) is 0 Å². The number of nitrogens with zero attached hydrogens (tertiary/aromatic N) is 3. The molecule has 0 bridgehead atoms. The van der Waals surface area contributed by atoms with Gasteiger partial charge in [-0.15, -0.1) is 0 Å². The molecule has 1 aliphatic rings. The van der Waals surface area contributed by atoms with Crippen molar-refractivity contribution >= 4 is 61.0 Å². The zero-order valence-corrected chi connectivity index (χ0v) is 24.3. The topological polar surface area (TPSA) is 78.0 Å². The van der Waals surface area contributed by atoms with Crippen LogP contribution in [-0.2, 0) is 32.7 Å². The number of carbonyl (C=O) groups is 2. The third-order valence-electron chi connectivity index (χ3n) is 6.25. The molecule has 1 saturated heterocycles. The number of sulfonamides is 1. The normalized spacial score (nSPS) is 14.3. The minimum absolute atomic E-state index is 0.00869. The van der Waals surface area contributed by atoms with Gasteiger partial charge in [0.15, 0.2) is 0 Å². The van der Waals surface area contributed by atoms with E-state index in [0.29, 0.717) is 19.6 Å². The molecule has 7 nitrogen and oxygen atoms in total. The lowest BCUT2D eigenvalue weighted by molar-refractivity contribution is -0.145. The van der Waals surface area contributed by atoms with Crippen molar-refractivity contribution < 1.29 is 18.0 Å². The quantitative estimate of drug-likeness (QED) is 0.323. The Morgan fingerprint density at radius 1 is 0.895 bits per heavy atom. The first kappa shape index (κ1) is 28.6. The van der Waals surface area contributed by atoms with Gasteiger partial charge in [0, 0.05) is 43.6 Å². The van der Waals surface area contributed by atoms with Gasteiger partial charge in [0.2, 0.25) is 21.8 Å². The summed E-state index contributed by atoms with van der Waals surface area (Å²) < 4.78 is 29.4. The second-order valence-electron chi connectivity index (χ2n) is 8.88. The molecule has 0 unspecified atom stereocenters. The predicted octanol–water partition coefficient (Wildman–Crippen LogP) is 5.21. The Morgan fingerprint density at radius 3 is 2.18 bits per heavy atom. The molecule has 0 spiro atoms. The molecule has 1 aliphatic heterocycles. The number of benzene rings is 3. The molecule has 0 atom stereocenters. The van der Waals surface area contributed by atoms with Crippen molar-refractivity contribution in [3.63, 3.8) is 0 Å². The molecule has 1 fully saturated rings. The Hall–Kier alpha value is -2.43. The highest BCUT2D eigenvalue weighted by atomic mass is 79.9. The largest absolute Gasteiger partial charge is 0.335 e. The number of amides is 2. The molecular weight excluding hydrogens is 613 g/mol. The first-order chi connectivity index (χ1) is 18.1. The molecule has 4 rings (SSSR count). The molecule has 0 N–H and O–H groups in total. The third-order valence-corrected chi connectivity index (χ3v) is 9.58. The first-order valence-corrected chi connectivity index (χ1v) is 14.9. The van der Waals surface area contributed by atoms with Crippen LogP contribution < -0.4 is 0 Å². The maximum Gasteiger partial charge on any atom is 0.246 e. The molecule has 0 radical (unpaired) electrons. The molecule has 200 valence electrons. The first-order valence-electron chi connectivity index (χ1n) is 11.9. The fraction of sp³-hybridized carbons (Fsp3) is 0.259. The Labute approximate surface area is 241 Å². The van der Waals surface area contributed by atoms with Gasteiger partial charge in [-0.25, -0.2) is 8.42 Å². The van der Waals surface area contributed by atoms with Crippen LogP contribution in [0.25, 0.3) is 0 Å². The monoisotopic (exact) mass is 637 g/mol. The van der Waals surface area contributed by atoms with E-state index >= 15 is 0 Å². The zero-order chi connectivity index (χ0) is 27.3. The molecule has 38 heavy (non-hydrogen) atoms. The summed E-state index contributed by atoms with van der Waals surface area (Å²) in [7, 11) is -4.12. The van der Waals surface area contributed by atoms with Gasteiger partial charge in [-0.05, 0) is 35.4 Å². The molecule has 11 heteroatoms. The number of hydrogen-bond acceptors (Lipinski definition) is 4. The average Bonchev–Trinajstić information content (AvgIpc) is 2.89. The van der Waals surface area contributed by atoms with Crippen molar-refractivity contribution in [2.24, 2.45) is 0 Å². The third kappa shape index (κ3) is 6.95. The summed E-state index contributed by atoms with van der Waals surface area (Å²) in [5.41, 5.74) is 1.75. The summed E-state index contributed by atoms with van der Waals surface area (Å²) in [6.07, 6.45) is -0.0892. The van der Waals surface area contributed by atoms with E-state index in [1.54, 1.807) is 11.0 Å². The molecule has 1 heterocycles. The highest BCUT2D eigenvalue weighted by Gasteiger charge is 2.32. The summed E-state index contributed by atoms with van der Waals surface area (Å²) in [6.45, 7) is 1.15. The molecule has 0 aliphatic carbocycles. The fourth-order valence-corrected chi connectivity index (χ4v) is 6.99. The Kier molecular flexibility index (Phi) is 9.49. The zero-order valence-electron chi connectivity index (χ0n) is 20.4. The van der Waals surface area contributed by atoms with E-state index in [9.17, 15) is 18.0 Å². The van der Waals surface area contributed by atoms with Crippen LogP contribution in [0, 0.1) is 0 Å². The highest BCUT2D eigenvalue weighted by molar-refractivity contribution is 9.10. The van der Waals surface area contributed by atoms with Crippen molar-refractivity contribution in [2.45, 2.75) is 24.4 Å². The predicted molar refractivity (Wildman–Crippen MR) is 151 cm³/mol. The number of halogens is 3. The summed E-state index contributed by atoms with van der Waals surface area (Å²) in [5, 5.41) is 0.0174. The molecule has 2 amide bonds. The van der Waals surface area contributed by atoms with E-state index in [2.05, 4.69) is 15.9 Å². The Morgan fingerprint density at radius 2 is 1.55 bits per heavy atom. The molecule has 3 aromatic carbocycles. The summed E-state index contributed by atoms with van der Waals surface area (Å²) in [6, 6.07) is 21.3. The smallest absolute Gasteiger partial charge is 0.246 e. The van der Waals surface area contributed by atoms with E-state index < -0.39 is 10.0 Å². The summed E-state index contributed by atoms with van der Waals surface area (Å²) in [4.78, 5) is 28.9. The lowest BCUT2D eigenvalue weighted by Gasteiger charge is -2.35. The van der Waals surface area contributed by atoms with Crippen LogP contribution in [-0.4, -0.2) is 60.5 Å². The number of hydrogen-bond donors (Lipinski definition) is 0. The van der Waals surface area contributed by atoms with E-state index in [0.717, 1.165) is 15.6 Å². The van der Waals surface area contributed by atoms with Gasteiger partial charge in [-0.1, -0.05) is 87.7 Å². The van der Waals surface area contributed by atoms with Crippen LogP contribution in [0.15, 0.2) is 82.2 Å². The second kappa shape index (κ2) is 12.6. The van der Waals surface area contributed by atoms with Crippen LogP contribution in [0.1, 0.15) is 17.5 Å². The number of carbonyl (C=O) groups excluding carboxylic acids is 2. The van der Waals surface area contributed by atoms with Crippen LogP contribution in [0.2, 0.25) is 10.0 Å². The van der Waals surface area contributed by atoms with Gasteiger partial charge in [0.25, 0.3) is 0 Å². The molecule has 0 saturated carbocycles. The Bertz CT molecular complexity index is 1390. The molecule has 3 aromatic rings. The van der Waals surface area contributed by atoms with Gasteiger partial charge in [0.05, 0.1) is 16.6 Å². The summed E-state index contributed by atoms with van der Waals surface area (Å²) >= 11 is 15.9. The van der Waals surface area contributed by atoms with Gasteiger partial charge in [-0.3, -0.25) is 9.59 Å². The number of rotatable bonds is 9. The van der Waals surface area contributed by atoms with Crippen LogP contribution in [0.3, 0.4) is 0 Å². The van der Waals surface area contributed by atoms with E-state index in [-0.39, 0.29) is 52.8 Å². The highest BCUT2D eigenvalue weighted by Crippen LogP contribution is 2.32. The maximum atomic E-state index is 13.6. The minimum Gasteiger partial charge on any atom is -0.335 e. The van der Waals surface area contributed by atoms with E-state index in [4.69, 9.17) is 23.2 Å². The van der Waals surface area contributed by atoms with Gasteiger partial charge in [0.1, 0.15) is 4.90 Å². The van der Waals surface area contributed by atoms with Crippen molar-refractivity contribution in [3.8, 4) is 0 Å². The van der Waals surface area contributed by atoms with Crippen LogP contribution >= 0.6 is 39.1 Å². The van der Waals surface area contributed by atoms with Gasteiger partial charge in [-0.2, -0.15) is 4.31 Å². The van der Waals surface area contributed by atoms with Crippen molar-refractivity contribution in [1.29, 1.82) is 0 Å². The lowest BCUT2D eigenvalue weighted by Crippen LogP contribution is -2.52. The molecular formula is C27H26BrCl2N3O4S. The Balaban J connectivity index is 1.44. The number of piperazine rings is 1. The SMILES string of the molecule is O=C(CCN(Cc1ccccc1)S(=O)(=O)c1c(Cl)cccc1Cl)N1CCN(Cc2ccc(Br)cc2)C(=O)C1. The van der Waals surface area contributed by atoms with E-state index in [1.807, 2.05) is 54.6 Å². The van der Waals surface area contributed by atoms with Crippen molar-refractivity contribution in [3.05, 3.63) is 98.4 Å². The van der Waals surface area contributed by atoms with Crippen molar-refractivity contribution in [2.75, 3.05) is 26.2 Å². The maximum absolute atomic E-state index is 13.6. The van der Waals surface area contributed by atoms with Crippen LogP contribution in [0.5, 0.6) is 0 Å². The standard InChI is InChI=1S/C27H26BrCl2N3O4S/c28-22-11-9-21(10-12-22)17-31-15-16-32(19-26(31)35)25(34)13-14-33(18-20-5-2-1-3-6-20)38(36,37)27-23(29)7-4-8-24(27)30/h1-12H,13-19H2. The molecule has 0 aromatic heterocycles.